The number of aryl methyl sites for hydroxylation is 1. The topological polar surface area (TPSA) is 78.0 Å². The van der Waals surface area contributed by atoms with Gasteiger partial charge in [0.2, 0.25) is 0 Å². The van der Waals surface area contributed by atoms with Crippen LogP contribution in [0.1, 0.15) is 15.9 Å². The van der Waals surface area contributed by atoms with E-state index in [1.165, 1.54) is 6.20 Å². The third-order valence-corrected chi connectivity index (χ3v) is 2.39. The van der Waals surface area contributed by atoms with Gasteiger partial charge in [-0.3, -0.25) is 4.79 Å². The maximum absolute atomic E-state index is 12.0. The summed E-state index contributed by atoms with van der Waals surface area (Å²) >= 11 is 0. The number of nitrogen functional groups attached to an aromatic ring is 1. The third-order valence-electron chi connectivity index (χ3n) is 2.39. The molecule has 5 nitrogen and oxygen atoms in total. The van der Waals surface area contributed by atoms with Crippen LogP contribution in [0.3, 0.4) is 0 Å². The summed E-state index contributed by atoms with van der Waals surface area (Å²) in [4.78, 5) is 27.2. The Hall–Kier alpha value is -2.43. The molecule has 0 spiro atoms. The van der Waals surface area contributed by atoms with Crippen LogP contribution in [-0.4, -0.2) is 15.5 Å². The van der Waals surface area contributed by atoms with Crippen molar-refractivity contribution in [3.8, 4) is 0 Å². The Balaban J connectivity index is 2.52. The standard InChI is InChI=1S/C12H11N3O2/c1-8-7-15(12(17)14-10(8)13)11(16)9-5-3-2-4-6-9/h2-7H,1H3,(H2,13,14,17). The SMILES string of the molecule is Cc1cn(C(=O)c2ccccc2)c(=O)nc1N. The molecule has 0 aliphatic heterocycles. The second kappa shape index (κ2) is 4.21. The first kappa shape index (κ1) is 11.1. The van der Waals surface area contributed by atoms with Crippen LogP contribution in [0.4, 0.5) is 5.82 Å². The Bertz CT molecular complexity index is 617. The lowest BCUT2D eigenvalue weighted by Gasteiger charge is -2.05. The van der Waals surface area contributed by atoms with Crippen molar-refractivity contribution in [2.24, 2.45) is 0 Å². The van der Waals surface area contributed by atoms with Gasteiger partial charge < -0.3 is 5.73 Å². The highest BCUT2D eigenvalue weighted by Crippen LogP contribution is 2.05. The van der Waals surface area contributed by atoms with E-state index in [9.17, 15) is 9.59 Å². The molecule has 1 aromatic carbocycles. The summed E-state index contributed by atoms with van der Waals surface area (Å²) in [6.07, 6.45) is 1.40. The predicted octanol–water partition coefficient (Wildman–Crippen LogP) is 0.822. The van der Waals surface area contributed by atoms with Gasteiger partial charge in [-0.2, -0.15) is 4.98 Å². The highest BCUT2D eigenvalue weighted by molar-refractivity contribution is 5.95. The van der Waals surface area contributed by atoms with Crippen LogP contribution in [0, 0.1) is 6.92 Å². The molecule has 0 bridgehead atoms. The fraction of sp³-hybridized carbons (Fsp3) is 0.0833. The van der Waals surface area contributed by atoms with Gasteiger partial charge in [-0.1, -0.05) is 18.2 Å². The van der Waals surface area contributed by atoms with Crippen molar-refractivity contribution in [1.29, 1.82) is 0 Å². The van der Waals surface area contributed by atoms with Crippen LogP contribution in [0.5, 0.6) is 0 Å². The summed E-state index contributed by atoms with van der Waals surface area (Å²) in [5, 5.41) is 0. The van der Waals surface area contributed by atoms with Crippen LogP contribution in [0.2, 0.25) is 0 Å². The minimum Gasteiger partial charge on any atom is -0.383 e. The fourth-order valence-corrected chi connectivity index (χ4v) is 1.43. The molecule has 86 valence electrons. The first-order chi connectivity index (χ1) is 8.09. The number of hydrogen-bond acceptors (Lipinski definition) is 4. The summed E-state index contributed by atoms with van der Waals surface area (Å²) in [5.74, 6) is -0.265. The molecule has 0 radical (unpaired) electrons. The predicted molar refractivity (Wildman–Crippen MR) is 63.8 cm³/mol. The van der Waals surface area contributed by atoms with Crippen molar-refractivity contribution in [3.63, 3.8) is 0 Å². The smallest absolute Gasteiger partial charge is 0.356 e. The molecule has 0 unspecified atom stereocenters. The second-order valence-electron chi connectivity index (χ2n) is 3.63. The van der Waals surface area contributed by atoms with E-state index in [4.69, 9.17) is 5.73 Å². The lowest BCUT2D eigenvalue weighted by molar-refractivity contribution is 0.0954. The van der Waals surface area contributed by atoms with E-state index in [0.717, 1.165) is 4.57 Å². The second-order valence-corrected chi connectivity index (χ2v) is 3.63. The maximum Gasteiger partial charge on any atom is 0.356 e. The van der Waals surface area contributed by atoms with E-state index in [0.29, 0.717) is 11.1 Å². The number of nitrogens with two attached hydrogens (primary N) is 1. The van der Waals surface area contributed by atoms with Crippen molar-refractivity contribution >= 4 is 11.7 Å². The fourth-order valence-electron chi connectivity index (χ4n) is 1.43. The minimum atomic E-state index is -0.665. The zero-order valence-corrected chi connectivity index (χ0v) is 9.25. The van der Waals surface area contributed by atoms with E-state index in [1.807, 2.05) is 0 Å². The zero-order valence-electron chi connectivity index (χ0n) is 9.25. The third kappa shape index (κ3) is 2.08. The average molecular weight is 229 g/mol. The number of nitrogens with zero attached hydrogens (tertiary/aromatic N) is 2. The minimum absolute atomic E-state index is 0.145. The van der Waals surface area contributed by atoms with Crippen molar-refractivity contribution in [2.45, 2.75) is 6.92 Å². The Morgan fingerprint density at radius 3 is 2.59 bits per heavy atom. The van der Waals surface area contributed by atoms with E-state index < -0.39 is 11.6 Å². The number of anilines is 1. The lowest BCUT2D eigenvalue weighted by atomic mass is 10.2. The van der Waals surface area contributed by atoms with Crippen LogP contribution in [0.25, 0.3) is 0 Å². The average Bonchev–Trinajstić information content (AvgIpc) is 2.34. The van der Waals surface area contributed by atoms with Gasteiger partial charge in [0.05, 0.1) is 0 Å². The van der Waals surface area contributed by atoms with Crippen LogP contribution < -0.4 is 11.4 Å². The van der Waals surface area contributed by atoms with Crippen molar-refractivity contribution in [3.05, 3.63) is 58.1 Å². The summed E-state index contributed by atoms with van der Waals surface area (Å²) in [5.41, 5.74) is 5.85. The summed E-state index contributed by atoms with van der Waals surface area (Å²) in [6.45, 7) is 1.69. The first-order valence-corrected chi connectivity index (χ1v) is 5.05. The van der Waals surface area contributed by atoms with Gasteiger partial charge in [-0.25, -0.2) is 9.36 Å². The molecule has 5 heteroatoms. The number of carbonyl (C=O) groups excluding carboxylic acids is 1. The van der Waals surface area contributed by atoms with Gasteiger partial charge in [0, 0.05) is 17.3 Å². The van der Waals surface area contributed by atoms with Crippen molar-refractivity contribution < 1.29 is 4.79 Å². The number of hydrogen-bond donors (Lipinski definition) is 1. The normalized spacial score (nSPS) is 10.2. The van der Waals surface area contributed by atoms with E-state index in [2.05, 4.69) is 4.98 Å². The quantitative estimate of drug-likeness (QED) is 0.785. The van der Waals surface area contributed by atoms with E-state index >= 15 is 0 Å². The number of carbonyl (C=O) groups is 1. The highest BCUT2D eigenvalue weighted by atomic mass is 16.2. The molecule has 0 fully saturated rings. The number of benzene rings is 1. The van der Waals surface area contributed by atoms with Crippen LogP contribution >= 0.6 is 0 Å². The molecule has 2 aromatic rings. The molecule has 0 aliphatic carbocycles. The van der Waals surface area contributed by atoms with Crippen LogP contribution in [-0.2, 0) is 0 Å². The molecule has 2 rings (SSSR count). The zero-order chi connectivity index (χ0) is 12.4. The molecule has 0 amide bonds. The molecular formula is C12H11N3O2. The maximum atomic E-state index is 12.0. The molecule has 1 aromatic heterocycles. The Kier molecular flexibility index (Phi) is 2.74. The van der Waals surface area contributed by atoms with Gasteiger partial charge in [-0.05, 0) is 19.1 Å². The highest BCUT2D eigenvalue weighted by Gasteiger charge is 2.11. The van der Waals surface area contributed by atoms with Gasteiger partial charge in [-0.15, -0.1) is 0 Å². The summed E-state index contributed by atoms with van der Waals surface area (Å²) in [7, 11) is 0. The largest absolute Gasteiger partial charge is 0.383 e. The summed E-state index contributed by atoms with van der Waals surface area (Å²) in [6, 6.07) is 8.54. The molecular weight excluding hydrogens is 218 g/mol. The van der Waals surface area contributed by atoms with E-state index in [-0.39, 0.29) is 5.82 Å². The van der Waals surface area contributed by atoms with Gasteiger partial charge in [0.1, 0.15) is 5.82 Å². The van der Waals surface area contributed by atoms with Gasteiger partial charge in [0.15, 0.2) is 0 Å². The Labute approximate surface area is 97.5 Å². The molecule has 0 atom stereocenters. The Morgan fingerprint density at radius 2 is 1.94 bits per heavy atom. The molecule has 0 saturated heterocycles. The van der Waals surface area contributed by atoms with Gasteiger partial charge in [0.25, 0.3) is 5.91 Å². The number of rotatable bonds is 1. The summed E-state index contributed by atoms with van der Waals surface area (Å²) < 4.78 is 0.959. The molecule has 1 heterocycles. The molecule has 17 heavy (non-hydrogen) atoms. The first-order valence-electron chi connectivity index (χ1n) is 5.05. The van der Waals surface area contributed by atoms with Gasteiger partial charge >= 0.3 is 5.69 Å². The monoisotopic (exact) mass is 229 g/mol. The Morgan fingerprint density at radius 1 is 1.29 bits per heavy atom. The van der Waals surface area contributed by atoms with Crippen molar-refractivity contribution in [2.75, 3.05) is 5.73 Å². The molecule has 0 saturated carbocycles. The number of aromatic nitrogens is 2. The molecule has 2 N–H and O–H groups in total. The van der Waals surface area contributed by atoms with E-state index in [1.54, 1.807) is 37.3 Å². The van der Waals surface area contributed by atoms with Crippen LogP contribution in [0.15, 0.2) is 41.3 Å². The molecule has 0 aliphatic rings. The lowest BCUT2D eigenvalue weighted by Crippen LogP contribution is -2.30. The van der Waals surface area contributed by atoms with Crippen molar-refractivity contribution in [1.82, 2.24) is 9.55 Å².